The summed E-state index contributed by atoms with van der Waals surface area (Å²) in [5, 5.41) is 9.45. The SMILES string of the molecule is COc1ccc(C)cc1C(C#N)Cc1ccccc1. The number of hydrogen-bond acceptors (Lipinski definition) is 2. The van der Waals surface area contributed by atoms with E-state index in [0.29, 0.717) is 6.42 Å². The van der Waals surface area contributed by atoms with Crippen LogP contribution in [-0.4, -0.2) is 7.11 Å². The molecule has 0 fully saturated rings. The summed E-state index contributed by atoms with van der Waals surface area (Å²) in [4.78, 5) is 0. The molecule has 0 saturated carbocycles. The van der Waals surface area contributed by atoms with Crippen molar-refractivity contribution < 1.29 is 4.74 Å². The number of hydrogen-bond donors (Lipinski definition) is 0. The van der Waals surface area contributed by atoms with Crippen molar-refractivity contribution in [3.8, 4) is 11.8 Å². The molecule has 0 aliphatic heterocycles. The molecule has 0 aromatic heterocycles. The predicted molar refractivity (Wildman–Crippen MR) is 76.2 cm³/mol. The molecular weight excluding hydrogens is 234 g/mol. The molecule has 0 aliphatic rings. The summed E-state index contributed by atoms with van der Waals surface area (Å²) in [5.74, 6) is 0.602. The monoisotopic (exact) mass is 251 g/mol. The molecule has 0 spiro atoms. The van der Waals surface area contributed by atoms with Crippen LogP contribution in [-0.2, 0) is 6.42 Å². The predicted octanol–water partition coefficient (Wildman–Crippen LogP) is 3.85. The molecule has 0 amide bonds. The Bertz CT molecular complexity index is 584. The zero-order valence-electron chi connectivity index (χ0n) is 11.3. The summed E-state index contributed by atoms with van der Waals surface area (Å²) in [6, 6.07) is 18.4. The summed E-state index contributed by atoms with van der Waals surface area (Å²) in [7, 11) is 1.64. The minimum Gasteiger partial charge on any atom is -0.496 e. The maximum atomic E-state index is 9.45. The Hall–Kier alpha value is -2.27. The first-order chi connectivity index (χ1) is 9.24. The Morgan fingerprint density at radius 3 is 2.53 bits per heavy atom. The highest BCUT2D eigenvalue weighted by Crippen LogP contribution is 2.29. The Labute approximate surface area is 114 Å². The quantitative estimate of drug-likeness (QED) is 0.826. The smallest absolute Gasteiger partial charge is 0.123 e. The van der Waals surface area contributed by atoms with Crippen LogP contribution in [0, 0.1) is 18.3 Å². The van der Waals surface area contributed by atoms with Crippen LogP contribution in [0.4, 0.5) is 0 Å². The molecule has 0 bridgehead atoms. The van der Waals surface area contributed by atoms with E-state index in [4.69, 9.17) is 4.74 Å². The van der Waals surface area contributed by atoms with Gasteiger partial charge in [-0.1, -0.05) is 48.0 Å². The maximum Gasteiger partial charge on any atom is 0.123 e. The highest BCUT2D eigenvalue weighted by atomic mass is 16.5. The van der Waals surface area contributed by atoms with Gasteiger partial charge in [-0.25, -0.2) is 0 Å². The van der Waals surface area contributed by atoms with Crippen LogP contribution in [0.1, 0.15) is 22.6 Å². The number of benzene rings is 2. The first-order valence-corrected chi connectivity index (χ1v) is 6.32. The molecule has 0 heterocycles. The van der Waals surface area contributed by atoms with Crippen molar-refractivity contribution in [3.63, 3.8) is 0 Å². The number of nitrogens with zero attached hydrogens (tertiary/aromatic N) is 1. The lowest BCUT2D eigenvalue weighted by Crippen LogP contribution is -2.03. The third-order valence-corrected chi connectivity index (χ3v) is 3.20. The molecule has 1 unspecified atom stereocenters. The number of ether oxygens (including phenoxy) is 1. The van der Waals surface area contributed by atoms with E-state index >= 15 is 0 Å². The van der Waals surface area contributed by atoms with E-state index in [-0.39, 0.29) is 5.92 Å². The Kier molecular flexibility index (Phi) is 4.20. The molecule has 0 N–H and O–H groups in total. The van der Waals surface area contributed by atoms with Crippen LogP contribution < -0.4 is 4.74 Å². The molecule has 1 atom stereocenters. The van der Waals surface area contributed by atoms with Crippen LogP contribution in [0.15, 0.2) is 48.5 Å². The number of rotatable bonds is 4. The topological polar surface area (TPSA) is 33.0 Å². The summed E-state index contributed by atoms with van der Waals surface area (Å²) >= 11 is 0. The first-order valence-electron chi connectivity index (χ1n) is 6.32. The van der Waals surface area contributed by atoms with E-state index in [1.54, 1.807) is 7.11 Å². The van der Waals surface area contributed by atoms with Crippen molar-refractivity contribution in [2.24, 2.45) is 0 Å². The molecular formula is C17H17NO. The fourth-order valence-electron chi connectivity index (χ4n) is 2.20. The van der Waals surface area contributed by atoms with Gasteiger partial charge in [0.05, 0.1) is 19.1 Å². The normalized spacial score (nSPS) is 11.6. The van der Waals surface area contributed by atoms with Gasteiger partial charge < -0.3 is 4.74 Å². The molecule has 2 heteroatoms. The minimum atomic E-state index is -0.183. The lowest BCUT2D eigenvalue weighted by atomic mass is 9.91. The second-order valence-electron chi connectivity index (χ2n) is 4.62. The number of aryl methyl sites for hydroxylation is 1. The van der Waals surface area contributed by atoms with E-state index in [0.717, 1.165) is 22.4 Å². The summed E-state index contributed by atoms with van der Waals surface area (Å²) in [6.45, 7) is 2.03. The van der Waals surface area contributed by atoms with Crippen molar-refractivity contribution >= 4 is 0 Å². The third-order valence-electron chi connectivity index (χ3n) is 3.20. The van der Waals surface area contributed by atoms with Gasteiger partial charge in [0.2, 0.25) is 0 Å². The molecule has 2 aromatic carbocycles. The molecule has 2 nitrogen and oxygen atoms in total. The maximum absolute atomic E-state index is 9.45. The van der Waals surface area contributed by atoms with Crippen LogP contribution in [0.2, 0.25) is 0 Å². The van der Waals surface area contributed by atoms with Gasteiger partial charge in [-0.05, 0) is 25.0 Å². The molecule has 0 radical (unpaired) electrons. The van der Waals surface area contributed by atoms with Crippen LogP contribution in [0.3, 0.4) is 0 Å². The van der Waals surface area contributed by atoms with E-state index in [9.17, 15) is 5.26 Å². The Balaban J connectivity index is 2.32. The van der Waals surface area contributed by atoms with E-state index in [1.807, 2.05) is 55.5 Å². The average Bonchev–Trinajstić information content (AvgIpc) is 2.46. The number of methoxy groups -OCH3 is 1. The van der Waals surface area contributed by atoms with E-state index in [2.05, 4.69) is 6.07 Å². The molecule has 96 valence electrons. The molecule has 2 aromatic rings. The third kappa shape index (κ3) is 3.14. The lowest BCUT2D eigenvalue weighted by molar-refractivity contribution is 0.408. The second kappa shape index (κ2) is 6.06. The van der Waals surface area contributed by atoms with E-state index in [1.165, 1.54) is 0 Å². The van der Waals surface area contributed by atoms with Crippen molar-refractivity contribution in [3.05, 3.63) is 65.2 Å². The highest BCUT2D eigenvalue weighted by Gasteiger charge is 2.16. The van der Waals surface area contributed by atoms with Gasteiger partial charge in [0.1, 0.15) is 5.75 Å². The average molecular weight is 251 g/mol. The van der Waals surface area contributed by atoms with Crippen LogP contribution in [0.25, 0.3) is 0 Å². The summed E-state index contributed by atoms with van der Waals surface area (Å²) in [5.41, 5.74) is 3.27. The van der Waals surface area contributed by atoms with E-state index < -0.39 is 0 Å². The molecule has 0 aliphatic carbocycles. The zero-order valence-corrected chi connectivity index (χ0v) is 11.3. The van der Waals surface area contributed by atoms with Gasteiger partial charge in [0.25, 0.3) is 0 Å². The molecule has 2 rings (SSSR count). The number of nitriles is 1. The lowest BCUT2D eigenvalue weighted by Gasteiger charge is -2.14. The van der Waals surface area contributed by atoms with Gasteiger partial charge in [-0.2, -0.15) is 5.26 Å². The fourth-order valence-corrected chi connectivity index (χ4v) is 2.20. The van der Waals surface area contributed by atoms with Crippen LogP contribution in [0.5, 0.6) is 5.75 Å². The highest BCUT2D eigenvalue weighted by molar-refractivity contribution is 5.42. The fraction of sp³-hybridized carbons (Fsp3) is 0.235. The van der Waals surface area contributed by atoms with Gasteiger partial charge in [0.15, 0.2) is 0 Å². The van der Waals surface area contributed by atoms with Crippen molar-refractivity contribution in [1.82, 2.24) is 0 Å². The first kappa shape index (κ1) is 13.2. The van der Waals surface area contributed by atoms with Gasteiger partial charge in [-0.3, -0.25) is 0 Å². The van der Waals surface area contributed by atoms with Gasteiger partial charge >= 0.3 is 0 Å². The van der Waals surface area contributed by atoms with Gasteiger partial charge in [0, 0.05) is 5.56 Å². The summed E-state index contributed by atoms with van der Waals surface area (Å²) in [6.07, 6.45) is 0.706. The molecule has 19 heavy (non-hydrogen) atoms. The van der Waals surface area contributed by atoms with Crippen molar-refractivity contribution in [1.29, 1.82) is 5.26 Å². The standard InChI is InChI=1S/C17H17NO/c1-13-8-9-17(19-2)16(10-13)15(12-18)11-14-6-4-3-5-7-14/h3-10,15H,11H2,1-2H3. The Morgan fingerprint density at radius 2 is 1.89 bits per heavy atom. The second-order valence-corrected chi connectivity index (χ2v) is 4.62. The minimum absolute atomic E-state index is 0.183. The van der Waals surface area contributed by atoms with Gasteiger partial charge in [-0.15, -0.1) is 0 Å². The molecule has 0 saturated heterocycles. The van der Waals surface area contributed by atoms with Crippen LogP contribution >= 0.6 is 0 Å². The zero-order chi connectivity index (χ0) is 13.7. The van der Waals surface area contributed by atoms with Crippen molar-refractivity contribution in [2.75, 3.05) is 7.11 Å². The summed E-state index contributed by atoms with van der Waals surface area (Å²) < 4.78 is 5.37. The van der Waals surface area contributed by atoms with Crippen molar-refractivity contribution in [2.45, 2.75) is 19.3 Å². The largest absolute Gasteiger partial charge is 0.496 e. The Morgan fingerprint density at radius 1 is 1.16 bits per heavy atom.